The molecule has 4 saturated carbocycles. The first kappa shape index (κ1) is 14.3. The summed E-state index contributed by atoms with van der Waals surface area (Å²) < 4.78 is 0. The Kier molecular flexibility index (Phi) is 3.51. The Morgan fingerprint density at radius 2 is 1.64 bits per heavy atom. The Balaban J connectivity index is 1.52. The topological polar surface area (TPSA) is 29.1 Å². The molecule has 1 N–H and O–H groups in total. The zero-order valence-corrected chi connectivity index (χ0v) is 13.6. The van der Waals surface area contributed by atoms with E-state index in [0.29, 0.717) is 5.91 Å². The van der Waals surface area contributed by atoms with Crippen LogP contribution in [0.2, 0.25) is 0 Å². The first-order chi connectivity index (χ1) is 10.7. The van der Waals surface area contributed by atoms with Gasteiger partial charge in [-0.2, -0.15) is 0 Å². The molecule has 1 amide bonds. The zero-order chi connectivity index (χ0) is 15.2. The van der Waals surface area contributed by atoms with Crippen LogP contribution in [0.5, 0.6) is 0 Å². The van der Waals surface area contributed by atoms with E-state index in [1.165, 1.54) is 24.8 Å². The fraction of sp³-hybridized carbons (Fsp3) is 0.650. The highest BCUT2D eigenvalue weighted by molar-refractivity contribution is 5.83. The molecule has 4 fully saturated rings. The predicted octanol–water partition coefficient (Wildman–Crippen LogP) is 4.47. The molecule has 5 rings (SSSR count). The van der Waals surface area contributed by atoms with Crippen molar-refractivity contribution < 1.29 is 4.79 Å². The van der Waals surface area contributed by atoms with Gasteiger partial charge in [0.05, 0.1) is 6.04 Å². The van der Waals surface area contributed by atoms with Gasteiger partial charge in [-0.25, -0.2) is 0 Å². The quantitative estimate of drug-likeness (QED) is 0.873. The predicted molar refractivity (Wildman–Crippen MR) is 88.2 cm³/mol. The second kappa shape index (κ2) is 5.40. The number of carbonyl (C=O) groups excluding carboxylic acids is 1. The zero-order valence-electron chi connectivity index (χ0n) is 13.6. The smallest absolute Gasteiger partial charge is 0.226 e. The molecule has 1 aromatic carbocycles. The maximum atomic E-state index is 13.1. The third-order valence-electron chi connectivity index (χ3n) is 6.44. The van der Waals surface area contributed by atoms with Gasteiger partial charge in [0.2, 0.25) is 5.91 Å². The number of nitrogens with one attached hydrogen (secondary N) is 1. The molecule has 22 heavy (non-hydrogen) atoms. The Morgan fingerprint density at radius 1 is 1.09 bits per heavy atom. The largest absolute Gasteiger partial charge is 0.349 e. The molecule has 1 atom stereocenters. The van der Waals surface area contributed by atoms with Crippen molar-refractivity contribution >= 4 is 5.91 Å². The Hall–Kier alpha value is -1.31. The highest BCUT2D eigenvalue weighted by Crippen LogP contribution is 2.60. The first-order valence-corrected chi connectivity index (χ1v) is 9.04. The van der Waals surface area contributed by atoms with Crippen molar-refractivity contribution in [3.8, 4) is 0 Å². The molecule has 0 saturated heterocycles. The lowest BCUT2D eigenvalue weighted by molar-refractivity contribution is -0.147. The minimum atomic E-state index is -0.0308. The summed E-state index contributed by atoms with van der Waals surface area (Å²) in [6.45, 7) is 2.16. The van der Waals surface area contributed by atoms with E-state index < -0.39 is 0 Å². The maximum Gasteiger partial charge on any atom is 0.226 e. The van der Waals surface area contributed by atoms with Gasteiger partial charge < -0.3 is 5.32 Å². The molecule has 1 aromatic rings. The molecule has 0 aromatic heterocycles. The summed E-state index contributed by atoms with van der Waals surface area (Å²) in [4.78, 5) is 13.1. The van der Waals surface area contributed by atoms with Crippen molar-refractivity contribution in [3.05, 3.63) is 35.9 Å². The van der Waals surface area contributed by atoms with Crippen LogP contribution in [0, 0.1) is 23.2 Å². The molecule has 0 unspecified atom stereocenters. The molecule has 2 heteroatoms. The minimum Gasteiger partial charge on any atom is -0.349 e. The van der Waals surface area contributed by atoms with E-state index in [1.54, 1.807) is 0 Å². The summed E-state index contributed by atoms with van der Waals surface area (Å²) in [5, 5.41) is 3.40. The fourth-order valence-electron chi connectivity index (χ4n) is 5.81. The van der Waals surface area contributed by atoms with Crippen LogP contribution in [0.25, 0.3) is 0 Å². The third kappa shape index (κ3) is 2.37. The number of benzene rings is 1. The molecular formula is C20H27NO. The number of rotatable bonds is 4. The van der Waals surface area contributed by atoms with Gasteiger partial charge in [-0.15, -0.1) is 0 Å². The summed E-state index contributed by atoms with van der Waals surface area (Å²) in [7, 11) is 0. The fourth-order valence-corrected chi connectivity index (χ4v) is 5.81. The highest BCUT2D eigenvalue weighted by Gasteiger charge is 2.54. The van der Waals surface area contributed by atoms with Crippen molar-refractivity contribution in [3.63, 3.8) is 0 Å². The molecule has 0 heterocycles. The number of hydrogen-bond acceptors (Lipinski definition) is 1. The molecule has 0 spiro atoms. The normalized spacial score (nSPS) is 37.0. The molecule has 0 radical (unpaired) electrons. The van der Waals surface area contributed by atoms with Gasteiger partial charge in [-0.05, 0) is 68.3 Å². The Labute approximate surface area is 133 Å². The average molecular weight is 297 g/mol. The molecule has 118 valence electrons. The summed E-state index contributed by atoms with van der Waals surface area (Å²) >= 11 is 0. The molecular weight excluding hydrogens is 270 g/mol. The highest BCUT2D eigenvalue weighted by atomic mass is 16.2. The van der Waals surface area contributed by atoms with Gasteiger partial charge in [-0.1, -0.05) is 37.3 Å². The molecule has 2 nitrogen and oxygen atoms in total. The van der Waals surface area contributed by atoms with E-state index in [9.17, 15) is 4.79 Å². The van der Waals surface area contributed by atoms with Crippen LogP contribution >= 0.6 is 0 Å². The third-order valence-corrected chi connectivity index (χ3v) is 6.44. The summed E-state index contributed by atoms with van der Waals surface area (Å²) in [5.41, 5.74) is 1.21. The van der Waals surface area contributed by atoms with Gasteiger partial charge in [0, 0.05) is 5.41 Å². The number of amides is 1. The average Bonchev–Trinajstić information content (AvgIpc) is 2.52. The van der Waals surface area contributed by atoms with Gasteiger partial charge in [0.1, 0.15) is 0 Å². The SMILES string of the molecule is CC[C@@H](NC(=O)C12CC3CC(CC(C3)C1)C2)c1ccccc1. The second-order valence-electron chi connectivity index (χ2n) is 8.04. The van der Waals surface area contributed by atoms with Crippen LogP contribution in [0.1, 0.15) is 63.5 Å². The lowest BCUT2D eigenvalue weighted by atomic mass is 9.49. The summed E-state index contributed by atoms with van der Waals surface area (Å²) in [6.07, 6.45) is 8.58. The van der Waals surface area contributed by atoms with E-state index >= 15 is 0 Å². The van der Waals surface area contributed by atoms with E-state index in [4.69, 9.17) is 0 Å². The lowest BCUT2D eigenvalue weighted by Gasteiger charge is -2.55. The van der Waals surface area contributed by atoms with E-state index in [1.807, 2.05) is 6.07 Å². The molecule has 4 bridgehead atoms. The number of hydrogen-bond donors (Lipinski definition) is 1. The monoisotopic (exact) mass is 297 g/mol. The first-order valence-electron chi connectivity index (χ1n) is 9.04. The molecule has 4 aliphatic carbocycles. The molecule has 0 aliphatic heterocycles. The van der Waals surface area contributed by atoms with Crippen molar-refractivity contribution in [1.29, 1.82) is 0 Å². The maximum absolute atomic E-state index is 13.1. The van der Waals surface area contributed by atoms with Crippen molar-refractivity contribution in [2.24, 2.45) is 23.2 Å². The summed E-state index contributed by atoms with van der Waals surface area (Å²) in [5.74, 6) is 2.83. The minimum absolute atomic E-state index is 0.0308. The standard InChI is InChI=1S/C20H27NO/c1-2-18(17-6-4-3-5-7-17)21-19(22)20-11-14-8-15(12-20)10-16(9-14)13-20/h3-7,14-16,18H,2,8-13H2,1H3,(H,21,22)/t14?,15?,16?,18-,20?/m1/s1. The number of carbonyl (C=O) groups is 1. The van der Waals surface area contributed by atoms with Gasteiger partial charge in [0.15, 0.2) is 0 Å². The second-order valence-corrected chi connectivity index (χ2v) is 8.04. The van der Waals surface area contributed by atoms with Crippen molar-refractivity contribution in [1.82, 2.24) is 5.32 Å². The van der Waals surface area contributed by atoms with Crippen LogP contribution < -0.4 is 5.32 Å². The van der Waals surface area contributed by atoms with Crippen LogP contribution in [-0.4, -0.2) is 5.91 Å². The van der Waals surface area contributed by atoms with Crippen LogP contribution in [0.15, 0.2) is 30.3 Å². The van der Waals surface area contributed by atoms with Crippen LogP contribution in [0.4, 0.5) is 0 Å². The lowest BCUT2D eigenvalue weighted by Crippen LogP contribution is -2.54. The van der Waals surface area contributed by atoms with Gasteiger partial charge in [-0.3, -0.25) is 4.79 Å². The van der Waals surface area contributed by atoms with Gasteiger partial charge in [0.25, 0.3) is 0 Å². The Morgan fingerprint density at radius 3 is 2.14 bits per heavy atom. The van der Waals surface area contributed by atoms with Crippen molar-refractivity contribution in [2.45, 2.75) is 57.9 Å². The van der Waals surface area contributed by atoms with E-state index in [0.717, 1.165) is 43.4 Å². The van der Waals surface area contributed by atoms with E-state index in [2.05, 4.69) is 36.5 Å². The van der Waals surface area contributed by atoms with Crippen LogP contribution in [0.3, 0.4) is 0 Å². The van der Waals surface area contributed by atoms with E-state index in [-0.39, 0.29) is 11.5 Å². The van der Waals surface area contributed by atoms with Gasteiger partial charge >= 0.3 is 0 Å². The Bertz CT molecular complexity index is 515. The molecule has 4 aliphatic rings. The van der Waals surface area contributed by atoms with Crippen LogP contribution in [-0.2, 0) is 4.79 Å². The van der Waals surface area contributed by atoms with Crippen molar-refractivity contribution in [2.75, 3.05) is 0 Å². The summed E-state index contributed by atoms with van der Waals surface area (Å²) in [6, 6.07) is 10.6.